The van der Waals surface area contributed by atoms with Crippen molar-refractivity contribution in [3.05, 3.63) is 10.1 Å². The van der Waals surface area contributed by atoms with Crippen molar-refractivity contribution in [2.24, 2.45) is 17.3 Å². The molecule has 0 aromatic carbocycles. The second-order valence-electron chi connectivity index (χ2n) is 4.43. The molecular weight excluding hydrogens is 234 g/mol. The molecular formula is C11H11N5O2. The van der Waals surface area contributed by atoms with Gasteiger partial charge in [-0.1, -0.05) is 6.92 Å². The normalized spacial score (nSPS) is 33.2. The molecule has 1 rings (SSSR count). The van der Waals surface area contributed by atoms with Crippen LogP contribution in [0.2, 0.25) is 0 Å². The summed E-state index contributed by atoms with van der Waals surface area (Å²) in [5, 5.41) is 46.5. The summed E-state index contributed by atoms with van der Waals surface area (Å²) in [5.41, 5.74) is -4.10. The molecule has 0 heterocycles. The van der Waals surface area contributed by atoms with Crippen LogP contribution in [-0.2, 0) is 0 Å². The fourth-order valence-electron chi connectivity index (χ4n) is 2.77. The lowest BCUT2D eigenvalue weighted by Gasteiger charge is -2.26. The van der Waals surface area contributed by atoms with E-state index >= 15 is 0 Å². The third-order valence-corrected chi connectivity index (χ3v) is 3.80. The monoisotopic (exact) mass is 245 g/mol. The Labute approximate surface area is 104 Å². The van der Waals surface area contributed by atoms with E-state index < -0.39 is 33.4 Å². The first-order valence-electron chi connectivity index (χ1n) is 5.32. The molecule has 0 amide bonds. The van der Waals surface area contributed by atoms with Crippen LogP contribution in [0.15, 0.2) is 0 Å². The molecule has 3 atom stereocenters. The summed E-state index contributed by atoms with van der Waals surface area (Å²) in [4.78, 5) is 10.6. The second-order valence-corrected chi connectivity index (χ2v) is 4.43. The maximum atomic E-state index is 11.2. The standard InChI is InChI=1S/C11H11N5O2/c1-3-8-10(2,16(17)18)9(15)7(4-12)11(8,5-13)6-14/h7-8,15H,3H2,1-2H3/t7?,8-,10-/m1/s1. The highest BCUT2D eigenvalue weighted by atomic mass is 16.6. The van der Waals surface area contributed by atoms with Crippen molar-refractivity contribution in [2.45, 2.75) is 25.8 Å². The van der Waals surface area contributed by atoms with Crippen LogP contribution >= 0.6 is 0 Å². The van der Waals surface area contributed by atoms with Crippen LogP contribution < -0.4 is 0 Å². The third kappa shape index (κ3) is 1.23. The number of hydrogen-bond acceptors (Lipinski definition) is 6. The molecule has 0 aromatic heterocycles. The number of nitriles is 3. The van der Waals surface area contributed by atoms with Crippen LogP contribution in [-0.4, -0.2) is 16.2 Å². The van der Waals surface area contributed by atoms with E-state index in [1.165, 1.54) is 6.92 Å². The number of nitrogens with zero attached hydrogens (tertiary/aromatic N) is 4. The number of hydrogen-bond donors (Lipinski definition) is 1. The number of rotatable bonds is 2. The highest BCUT2D eigenvalue weighted by molar-refractivity contribution is 5.98. The summed E-state index contributed by atoms with van der Waals surface area (Å²) in [6, 6.07) is 5.19. The first-order chi connectivity index (χ1) is 8.36. The topological polar surface area (TPSA) is 138 Å². The van der Waals surface area contributed by atoms with Gasteiger partial charge in [-0.25, -0.2) is 0 Å². The van der Waals surface area contributed by atoms with Gasteiger partial charge < -0.3 is 5.41 Å². The van der Waals surface area contributed by atoms with E-state index in [4.69, 9.17) is 10.7 Å². The molecule has 0 spiro atoms. The molecule has 1 N–H and O–H groups in total. The summed E-state index contributed by atoms with van der Waals surface area (Å²) in [6.07, 6.45) is 0.180. The second kappa shape index (κ2) is 4.09. The van der Waals surface area contributed by atoms with E-state index in [1.54, 1.807) is 25.1 Å². The Morgan fingerprint density at radius 2 is 1.94 bits per heavy atom. The van der Waals surface area contributed by atoms with Crippen LogP contribution in [0.5, 0.6) is 0 Å². The molecule has 7 heteroatoms. The smallest absolute Gasteiger partial charge is 0.263 e. The van der Waals surface area contributed by atoms with Gasteiger partial charge in [0.15, 0.2) is 5.41 Å². The molecule has 1 aliphatic carbocycles. The van der Waals surface area contributed by atoms with E-state index in [0.717, 1.165) is 0 Å². The molecule has 0 radical (unpaired) electrons. The Kier molecular flexibility index (Phi) is 3.09. The van der Waals surface area contributed by atoms with Gasteiger partial charge in [0.2, 0.25) is 0 Å². The highest BCUT2D eigenvalue weighted by Gasteiger charge is 2.71. The Hall–Kier alpha value is -2.46. The lowest BCUT2D eigenvalue weighted by Crippen LogP contribution is -2.47. The minimum absolute atomic E-state index is 0.180. The molecule has 0 bridgehead atoms. The zero-order valence-electron chi connectivity index (χ0n) is 9.97. The van der Waals surface area contributed by atoms with E-state index in [-0.39, 0.29) is 6.42 Å². The highest BCUT2D eigenvalue weighted by Crippen LogP contribution is 2.53. The summed E-state index contributed by atoms with van der Waals surface area (Å²) in [6.45, 7) is 2.83. The van der Waals surface area contributed by atoms with E-state index in [1.807, 2.05) is 0 Å². The molecule has 1 fully saturated rings. The first-order valence-corrected chi connectivity index (χ1v) is 5.32. The van der Waals surface area contributed by atoms with Crippen LogP contribution in [0.4, 0.5) is 0 Å². The maximum absolute atomic E-state index is 11.2. The summed E-state index contributed by atoms with van der Waals surface area (Å²) in [7, 11) is 0. The Morgan fingerprint density at radius 1 is 1.44 bits per heavy atom. The molecule has 0 saturated heterocycles. The Balaban J connectivity index is 3.64. The maximum Gasteiger partial charge on any atom is 0.263 e. The van der Waals surface area contributed by atoms with Gasteiger partial charge in [-0.3, -0.25) is 10.1 Å². The fraction of sp³-hybridized carbons (Fsp3) is 0.636. The molecule has 1 saturated carbocycles. The lowest BCUT2D eigenvalue weighted by molar-refractivity contribution is -0.553. The largest absolute Gasteiger partial charge is 0.301 e. The average molecular weight is 245 g/mol. The van der Waals surface area contributed by atoms with Crippen LogP contribution in [0.1, 0.15) is 20.3 Å². The minimum atomic E-state index is -1.83. The van der Waals surface area contributed by atoms with Crippen molar-refractivity contribution in [1.29, 1.82) is 21.2 Å². The van der Waals surface area contributed by atoms with Gasteiger partial charge >= 0.3 is 0 Å². The molecule has 92 valence electrons. The predicted octanol–water partition coefficient (Wildman–Crippen LogP) is 1.25. The first kappa shape index (κ1) is 13.6. The SMILES string of the molecule is CC[C@H]1C(C#N)(C#N)C(C#N)C(=N)[C@]1(C)[N+](=O)[O-]. The van der Waals surface area contributed by atoms with Crippen LogP contribution in [0.25, 0.3) is 0 Å². The Bertz CT molecular complexity index is 521. The quantitative estimate of drug-likeness (QED) is 0.576. The average Bonchev–Trinajstić information content (AvgIpc) is 2.55. The molecule has 18 heavy (non-hydrogen) atoms. The molecule has 0 aliphatic heterocycles. The fourth-order valence-corrected chi connectivity index (χ4v) is 2.77. The van der Waals surface area contributed by atoms with E-state index in [2.05, 4.69) is 0 Å². The van der Waals surface area contributed by atoms with Crippen molar-refractivity contribution in [1.82, 2.24) is 0 Å². The number of nitro groups is 1. The molecule has 1 aliphatic rings. The zero-order valence-corrected chi connectivity index (χ0v) is 9.97. The molecule has 0 aromatic rings. The van der Waals surface area contributed by atoms with Crippen LogP contribution in [0, 0.1) is 66.8 Å². The van der Waals surface area contributed by atoms with Crippen molar-refractivity contribution in [3.8, 4) is 18.2 Å². The molecule has 1 unspecified atom stereocenters. The summed E-state index contributed by atoms with van der Waals surface area (Å²) >= 11 is 0. The summed E-state index contributed by atoms with van der Waals surface area (Å²) < 4.78 is 0. The third-order valence-electron chi connectivity index (χ3n) is 3.80. The van der Waals surface area contributed by atoms with E-state index in [9.17, 15) is 20.6 Å². The number of nitrogens with one attached hydrogen (secondary N) is 1. The van der Waals surface area contributed by atoms with Crippen molar-refractivity contribution >= 4 is 5.71 Å². The van der Waals surface area contributed by atoms with Crippen molar-refractivity contribution in [2.75, 3.05) is 0 Å². The van der Waals surface area contributed by atoms with Gasteiger partial charge in [0.25, 0.3) is 5.54 Å². The van der Waals surface area contributed by atoms with Crippen molar-refractivity contribution in [3.63, 3.8) is 0 Å². The predicted molar refractivity (Wildman–Crippen MR) is 59.7 cm³/mol. The zero-order chi connectivity index (χ0) is 14.1. The Morgan fingerprint density at radius 3 is 2.22 bits per heavy atom. The van der Waals surface area contributed by atoms with Gasteiger partial charge in [0.05, 0.1) is 24.1 Å². The van der Waals surface area contributed by atoms with Gasteiger partial charge in [-0.15, -0.1) is 0 Å². The summed E-state index contributed by atoms with van der Waals surface area (Å²) in [5.74, 6) is -2.32. The van der Waals surface area contributed by atoms with Gasteiger partial charge in [-0.2, -0.15) is 15.8 Å². The van der Waals surface area contributed by atoms with Crippen LogP contribution in [0.3, 0.4) is 0 Å². The van der Waals surface area contributed by atoms with Gasteiger partial charge in [0.1, 0.15) is 11.6 Å². The molecule has 7 nitrogen and oxygen atoms in total. The van der Waals surface area contributed by atoms with Gasteiger partial charge in [0, 0.05) is 11.8 Å². The minimum Gasteiger partial charge on any atom is -0.301 e. The van der Waals surface area contributed by atoms with Crippen molar-refractivity contribution < 1.29 is 4.92 Å². The van der Waals surface area contributed by atoms with E-state index in [0.29, 0.717) is 0 Å². The lowest BCUT2D eigenvalue weighted by atomic mass is 9.71. The van der Waals surface area contributed by atoms with Gasteiger partial charge in [-0.05, 0) is 6.42 Å².